The molecular weight excluding hydrogens is 368 g/mol. The summed E-state index contributed by atoms with van der Waals surface area (Å²) in [4.78, 5) is 19.1. The lowest BCUT2D eigenvalue weighted by Crippen LogP contribution is -2.54. The molecule has 2 atom stereocenters. The molecule has 2 aromatic rings. The molecule has 2 aliphatic heterocycles. The lowest BCUT2D eigenvalue weighted by molar-refractivity contribution is 0.0272. The molecule has 0 aromatic carbocycles. The summed E-state index contributed by atoms with van der Waals surface area (Å²) in [5.41, 5.74) is 3.10. The molecule has 3 fully saturated rings. The Hall–Kier alpha value is -2.35. The Bertz CT molecular complexity index is 907. The van der Waals surface area contributed by atoms with Crippen LogP contribution in [0.2, 0.25) is 0 Å². The maximum Gasteiger partial charge on any atom is 0.410 e. The van der Waals surface area contributed by atoms with Crippen LogP contribution >= 0.6 is 0 Å². The number of aryl methyl sites for hydroxylation is 1. The highest BCUT2D eigenvalue weighted by molar-refractivity contribution is 5.68. The van der Waals surface area contributed by atoms with Crippen LogP contribution in [0.3, 0.4) is 0 Å². The van der Waals surface area contributed by atoms with Crippen molar-refractivity contribution in [2.45, 2.75) is 51.7 Å². The topological polar surface area (TPSA) is 83.8 Å². The fourth-order valence-electron chi connectivity index (χ4n) is 4.95. The SMILES string of the molecule is Cc1cc(NC2C3CCC2CN(C(=O)OC2CNC2)C3)n2ncc(C(C)C)c2n1. The Kier molecular flexibility index (Phi) is 4.61. The van der Waals surface area contributed by atoms with Gasteiger partial charge < -0.3 is 20.3 Å². The second-order valence-electron chi connectivity index (χ2n) is 9.11. The maximum absolute atomic E-state index is 12.5. The molecule has 1 saturated carbocycles. The summed E-state index contributed by atoms with van der Waals surface area (Å²) >= 11 is 0. The van der Waals surface area contributed by atoms with Gasteiger partial charge in [-0.05, 0) is 37.5 Å². The van der Waals surface area contributed by atoms with Crippen molar-refractivity contribution in [1.29, 1.82) is 0 Å². The van der Waals surface area contributed by atoms with Gasteiger partial charge in [-0.1, -0.05) is 13.8 Å². The maximum atomic E-state index is 12.5. The molecule has 156 valence electrons. The number of nitrogens with one attached hydrogen (secondary N) is 2. The van der Waals surface area contributed by atoms with Gasteiger partial charge in [-0.3, -0.25) is 0 Å². The number of carbonyl (C=O) groups is 1. The van der Waals surface area contributed by atoms with Crippen LogP contribution in [-0.2, 0) is 4.74 Å². The van der Waals surface area contributed by atoms with Crippen LogP contribution in [0, 0.1) is 18.8 Å². The minimum absolute atomic E-state index is 0.0408. The molecule has 3 aliphatic rings. The van der Waals surface area contributed by atoms with E-state index in [2.05, 4.69) is 35.6 Å². The van der Waals surface area contributed by atoms with Gasteiger partial charge in [-0.15, -0.1) is 0 Å². The number of anilines is 1. The van der Waals surface area contributed by atoms with E-state index in [1.807, 2.05) is 22.5 Å². The molecule has 2 N–H and O–H groups in total. The molecule has 2 unspecified atom stereocenters. The third-order valence-electron chi connectivity index (χ3n) is 6.67. The average molecular weight is 399 g/mol. The van der Waals surface area contributed by atoms with Crippen molar-refractivity contribution in [3.8, 4) is 0 Å². The van der Waals surface area contributed by atoms with Crippen LogP contribution < -0.4 is 10.6 Å². The zero-order chi connectivity index (χ0) is 20.1. The van der Waals surface area contributed by atoms with Gasteiger partial charge in [-0.2, -0.15) is 9.61 Å². The number of hydrogen-bond acceptors (Lipinski definition) is 6. The number of ether oxygens (including phenoxy) is 1. The van der Waals surface area contributed by atoms with Gasteiger partial charge in [0, 0.05) is 49.5 Å². The molecule has 29 heavy (non-hydrogen) atoms. The Balaban J connectivity index is 1.34. The standard InChI is InChI=1S/C21H30N6O2/c1-12(2)17-9-23-27-18(6-13(3)24-20(17)27)25-19-14-4-5-15(19)11-26(10-14)21(28)29-16-7-22-8-16/h6,9,12,14-16,19,22,25H,4-5,7-8,10-11H2,1-3H3. The fourth-order valence-corrected chi connectivity index (χ4v) is 4.95. The van der Waals surface area contributed by atoms with Crippen molar-refractivity contribution in [2.24, 2.45) is 11.8 Å². The van der Waals surface area contributed by atoms with Gasteiger partial charge in [0.15, 0.2) is 5.65 Å². The number of nitrogens with zero attached hydrogens (tertiary/aromatic N) is 4. The van der Waals surface area contributed by atoms with Crippen LogP contribution in [-0.4, -0.2) is 63.9 Å². The van der Waals surface area contributed by atoms with E-state index in [1.54, 1.807) is 0 Å². The molecule has 2 saturated heterocycles. The monoisotopic (exact) mass is 398 g/mol. The molecule has 1 aliphatic carbocycles. The first-order chi connectivity index (χ1) is 14.0. The van der Waals surface area contributed by atoms with Gasteiger partial charge in [0.05, 0.1) is 6.20 Å². The van der Waals surface area contributed by atoms with E-state index in [0.29, 0.717) is 23.8 Å². The molecule has 4 heterocycles. The Morgan fingerprint density at radius 3 is 2.62 bits per heavy atom. The third kappa shape index (κ3) is 3.33. The first kappa shape index (κ1) is 18.7. The molecule has 2 bridgehead atoms. The highest BCUT2D eigenvalue weighted by Crippen LogP contribution is 2.39. The van der Waals surface area contributed by atoms with Crippen molar-refractivity contribution in [3.63, 3.8) is 0 Å². The average Bonchev–Trinajstić information content (AvgIpc) is 3.15. The normalized spacial score (nSPS) is 26.8. The molecule has 2 aromatic heterocycles. The van der Waals surface area contributed by atoms with Crippen LogP contribution in [0.25, 0.3) is 5.65 Å². The number of piperidine rings is 1. The number of likely N-dealkylation sites (tertiary alicyclic amines) is 1. The number of hydrogen-bond donors (Lipinski definition) is 2. The highest BCUT2D eigenvalue weighted by atomic mass is 16.6. The van der Waals surface area contributed by atoms with E-state index in [9.17, 15) is 4.79 Å². The summed E-state index contributed by atoms with van der Waals surface area (Å²) in [6.45, 7) is 9.44. The lowest BCUT2D eigenvalue weighted by atomic mass is 9.92. The summed E-state index contributed by atoms with van der Waals surface area (Å²) < 4.78 is 7.52. The number of fused-ring (bicyclic) bond motifs is 3. The van der Waals surface area contributed by atoms with Crippen LogP contribution in [0.15, 0.2) is 12.3 Å². The molecule has 1 amide bonds. The summed E-state index contributed by atoms with van der Waals surface area (Å²) in [6.07, 6.45) is 4.10. The molecule has 0 radical (unpaired) electrons. The summed E-state index contributed by atoms with van der Waals surface area (Å²) in [6, 6.07) is 2.43. The minimum atomic E-state index is -0.150. The fraction of sp³-hybridized carbons (Fsp3) is 0.667. The largest absolute Gasteiger partial charge is 0.443 e. The van der Waals surface area contributed by atoms with Gasteiger partial charge in [0.1, 0.15) is 11.9 Å². The van der Waals surface area contributed by atoms with Crippen LogP contribution in [0.4, 0.5) is 10.6 Å². The molecule has 0 spiro atoms. The predicted molar refractivity (Wildman–Crippen MR) is 110 cm³/mol. The zero-order valence-electron chi connectivity index (χ0n) is 17.4. The highest BCUT2D eigenvalue weighted by Gasteiger charge is 2.44. The summed E-state index contributed by atoms with van der Waals surface area (Å²) in [5.74, 6) is 2.25. The Morgan fingerprint density at radius 1 is 1.28 bits per heavy atom. The number of rotatable bonds is 4. The van der Waals surface area contributed by atoms with E-state index in [-0.39, 0.29) is 12.2 Å². The molecular formula is C21H30N6O2. The smallest absolute Gasteiger partial charge is 0.410 e. The second kappa shape index (κ2) is 7.16. The van der Waals surface area contributed by atoms with E-state index in [1.165, 1.54) is 5.56 Å². The van der Waals surface area contributed by atoms with Crippen molar-refractivity contribution < 1.29 is 9.53 Å². The second-order valence-corrected chi connectivity index (χ2v) is 9.11. The van der Waals surface area contributed by atoms with E-state index in [4.69, 9.17) is 9.72 Å². The molecule has 8 nitrogen and oxygen atoms in total. The molecule has 5 rings (SSSR count). The van der Waals surface area contributed by atoms with Gasteiger partial charge >= 0.3 is 6.09 Å². The quantitative estimate of drug-likeness (QED) is 0.823. The first-order valence-corrected chi connectivity index (χ1v) is 10.8. The summed E-state index contributed by atoms with van der Waals surface area (Å²) in [5, 5.41) is 11.5. The Labute approximate surface area is 171 Å². The van der Waals surface area contributed by atoms with Crippen LogP contribution in [0.5, 0.6) is 0 Å². The minimum Gasteiger partial charge on any atom is -0.443 e. The first-order valence-electron chi connectivity index (χ1n) is 10.8. The van der Waals surface area contributed by atoms with Gasteiger partial charge in [0.25, 0.3) is 0 Å². The van der Waals surface area contributed by atoms with Gasteiger partial charge in [0.2, 0.25) is 0 Å². The summed E-state index contributed by atoms with van der Waals surface area (Å²) in [7, 11) is 0. The van der Waals surface area contributed by atoms with E-state index >= 15 is 0 Å². The lowest BCUT2D eigenvalue weighted by Gasteiger charge is -2.39. The number of aromatic nitrogens is 3. The van der Waals surface area contributed by atoms with E-state index in [0.717, 1.165) is 56.2 Å². The van der Waals surface area contributed by atoms with Crippen molar-refractivity contribution >= 4 is 17.6 Å². The van der Waals surface area contributed by atoms with Crippen molar-refractivity contribution in [2.75, 3.05) is 31.5 Å². The molecule has 8 heteroatoms. The third-order valence-corrected chi connectivity index (χ3v) is 6.67. The van der Waals surface area contributed by atoms with Gasteiger partial charge in [-0.25, -0.2) is 9.78 Å². The van der Waals surface area contributed by atoms with Crippen molar-refractivity contribution in [1.82, 2.24) is 24.8 Å². The zero-order valence-corrected chi connectivity index (χ0v) is 17.4. The predicted octanol–water partition coefficient (Wildman–Crippen LogP) is 2.39. The van der Waals surface area contributed by atoms with Crippen molar-refractivity contribution in [3.05, 3.63) is 23.5 Å². The Morgan fingerprint density at radius 2 is 2.00 bits per heavy atom. The van der Waals surface area contributed by atoms with Crippen LogP contribution in [0.1, 0.15) is 43.9 Å². The number of carbonyl (C=O) groups excluding carboxylic acids is 1. The number of amides is 1. The van der Waals surface area contributed by atoms with E-state index < -0.39 is 0 Å².